The molecular formula is C21H18ClFN8O5. The third-order valence-corrected chi connectivity index (χ3v) is 5.91. The zero-order valence-corrected chi connectivity index (χ0v) is 19.3. The van der Waals surface area contributed by atoms with Crippen LogP contribution in [0.15, 0.2) is 41.3 Å². The van der Waals surface area contributed by atoms with Gasteiger partial charge in [-0.05, 0) is 19.1 Å². The van der Waals surface area contributed by atoms with E-state index in [4.69, 9.17) is 26.6 Å². The molecule has 1 fully saturated rings. The third kappa shape index (κ3) is 4.00. The van der Waals surface area contributed by atoms with Crippen LogP contribution in [0.4, 0.5) is 21.7 Å². The highest BCUT2D eigenvalue weighted by Gasteiger charge is 2.49. The van der Waals surface area contributed by atoms with Crippen molar-refractivity contribution in [2.75, 3.05) is 29.1 Å². The number of nitrogens with two attached hydrogens (primary N) is 1. The van der Waals surface area contributed by atoms with E-state index in [1.165, 1.54) is 29.2 Å². The lowest BCUT2D eigenvalue weighted by Crippen LogP contribution is -2.61. The Morgan fingerprint density at radius 1 is 1.39 bits per heavy atom. The monoisotopic (exact) mass is 516 g/mol. The fraction of sp³-hybridized carbons (Fsp3) is 0.238. The molecule has 4 N–H and O–H groups in total. The summed E-state index contributed by atoms with van der Waals surface area (Å²) >= 11 is 6.20. The van der Waals surface area contributed by atoms with E-state index in [2.05, 4.69) is 25.8 Å². The van der Waals surface area contributed by atoms with Crippen molar-refractivity contribution in [1.82, 2.24) is 25.1 Å². The molecule has 36 heavy (non-hydrogen) atoms. The summed E-state index contributed by atoms with van der Waals surface area (Å²) in [6.45, 7) is 0.978. The van der Waals surface area contributed by atoms with E-state index >= 15 is 0 Å². The highest BCUT2D eigenvalue weighted by atomic mass is 35.5. The molecule has 2 amide bonds. The van der Waals surface area contributed by atoms with Gasteiger partial charge in [0.1, 0.15) is 0 Å². The van der Waals surface area contributed by atoms with Gasteiger partial charge in [-0.25, -0.2) is 9.07 Å². The highest BCUT2D eigenvalue weighted by Crippen LogP contribution is 2.33. The maximum absolute atomic E-state index is 14.8. The number of carbonyl (C=O) groups is 2. The normalized spacial score (nSPS) is 17.8. The second-order valence-corrected chi connectivity index (χ2v) is 8.49. The summed E-state index contributed by atoms with van der Waals surface area (Å²) in [5, 5.41) is 29.1. The quantitative estimate of drug-likeness (QED) is 0.350. The van der Waals surface area contributed by atoms with E-state index in [9.17, 15) is 19.1 Å². The van der Waals surface area contributed by atoms with Gasteiger partial charge in [0, 0.05) is 11.8 Å². The molecule has 13 nitrogen and oxygen atoms in total. The summed E-state index contributed by atoms with van der Waals surface area (Å²) in [6.07, 6.45) is 2.19. The van der Waals surface area contributed by atoms with Gasteiger partial charge in [0.25, 0.3) is 11.8 Å². The van der Waals surface area contributed by atoms with Gasteiger partial charge in [-0.15, -0.1) is 5.10 Å². The number of ether oxygens (including phenoxy) is 1. The molecule has 1 saturated heterocycles. The van der Waals surface area contributed by atoms with Crippen LogP contribution in [0.5, 0.6) is 0 Å². The van der Waals surface area contributed by atoms with Crippen LogP contribution >= 0.6 is 11.6 Å². The molecule has 1 aliphatic rings. The molecule has 0 saturated carbocycles. The zero-order valence-electron chi connectivity index (χ0n) is 18.6. The molecule has 5 rings (SSSR count). The minimum Gasteiger partial charge on any atom is -0.380 e. The van der Waals surface area contributed by atoms with Crippen LogP contribution in [-0.4, -0.2) is 66.9 Å². The number of rotatable bonds is 5. The molecule has 2 atom stereocenters. The lowest BCUT2D eigenvalue weighted by atomic mass is 9.95. The molecule has 0 aliphatic carbocycles. The first kappa shape index (κ1) is 23.6. The van der Waals surface area contributed by atoms with Crippen molar-refractivity contribution in [1.29, 1.82) is 0 Å². The Hall–Kier alpha value is -4.14. The molecule has 0 bridgehead atoms. The molecule has 0 spiro atoms. The number of carbonyl (C=O) groups excluding carboxylic acids is 2. The zero-order chi connectivity index (χ0) is 25.6. The standard InChI is InChI=1S/C21H18ClFN8O5/c1-21(34,20(33)27-10-6-12(22)15-14(7-10)36-29-17(15)24)16-19(32)30(4-5-35-16)18-13(23)9-31(28-18)11-2-3-25-26-8-11/h2-3,6-9,16,34H,4-5H2,1H3,(H2,24,29)(H,27,33)/t16-,21?/m0/s1. The van der Waals surface area contributed by atoms with E-state index < -0.39 is 29.3 Å². The van der Waals surface area contributed by atoms with Crippen LogP contribution in [0.1, 0.15) is 6.92 Å². The van der Waals surface area contributed by atoms with Crippen molar-refractivity contribution in [3.63, 3.8) is 0 Å². The highest BCUT2D eigenvalue weighted by molar-refractivity contribution is 6.36. The smallest absolute Gasteiger partial charge is 0.261 e. The molecule has 15 heteroatoms. The number of anilines is 3. The average molecular weight is 517 g/mol. The molecule has 4 heterocycles. The number of halogens is 2. The number of morpholine rings is 1. The number of fused-ring (bicyclic) bond motifs is 1. The summed E-state index contributed by atoms with van der Waals surface area (Å²) in [6, 6.07) is 4.35. The summed E-state index contributed by atoms with van der Waals surface area (Å²) in [5.41, 5.74) is 4.13. The fourth-order valence-electron chi connectivity index (χ4n) is 3.77. The lowest BCUT2D eigenvalue weighted by molar-refractivity contribution is -0.165. The number of aromatic nitrogens is 5. The van der Waals surface area contributed by atoms with Crippen molar-refractivity contribution < 1.29 is 28.3 Å². The Labute approximate surface area is 206 Å². The fourth-order valence-corrected chi connectivity index (χ4v) is 4.08. The summed E-state index contributed by atoms with van der Waals surface area (Å²) in [7, 11) is 0. The third-order valence-electron chi connectivity index (χ3n) is 5.61. The van der Waals surface area contributed by atoms with Gasteiger partial charge in [-0.2, -0.15) is 10.2 Å². The van der Waals surface area contributed by atoms with Crippen molar-refractivity contribution >= 4 is 51.7 Å². The minimum absolute atomic E-state index is 0.0469. The van der Waals surface area contributed by atoms with E-state index in [1.54, 1.807) is 6.07 Å². The number of hydrogen-bond acceptors (Lipinski definition) is 10. The molecular weight excluding hydrogens is 499 g/mol. The maximum Gasteiger partial charge on any atom is 0.261 e. The first-order valence-corrected chi connectivity index (χ1v) is 10.9. The van der Waals surface area contributed by atoms with Crippen LogP contribution < -0.4 is 16.0 Å². The number of nitrogens with zero attached hydrogens (tertiary/aromatic N) is 6. The maximum atomic E-state index is 14.8. The van der Waals surface area contributed by atoms with Gasteiger partial charge in [-0.1, -0.05) is 16.8 Å². The molecule has 0 radical (unpaired) electrons. The first-order valence-electron chi connectivity index (χ1n) is 10.5. The SMILES string of the molecule is CC(O)(C(=O)Nc1cc(Cl)c2c(N)noc2c1)[C@H]1OCCN(c2nn(-c3ccnnc3)cc2F)C1=O. The van der Waals surface area contributed by atoms with Crippen molar-refractivity contribution in [2.24, 2.45) is 0 Å². The molecule has 1 aromatic carbocycles. The predicted octanol–water partition coefficient (Wildman–Crippen LogP) is 1.30. The number of benzene rings is 1. The predicted molar refractivity (Wildman–Crippen MR) is 124 cm³/mol. The Morgan fingerprint density at radius 3 is 2.94 bits per heavy atom. The second-order valence-electron chi connectivity index (χ2n) is 8.09. The lowest BCUT2D eigenvalue weighted by Gasteiger charge is -2.37. The molecule has 186 valence electrons. The summed E-state index contributed by atoms with van der Waals surface area (Å²) in [4.78, 5) is 27.2. The molecule has 4 aromatic rings. The van der Waals surface area contributed by atoms with Gasteiger partial charge >= 0.3 is 0 Å². The van der Waals surface area contributed by atoms with Crippen molar-refractivity contribution in [3.8, 4) is 5.69 Å². The van der Waals surface area contributed by atoms with Crippen molar-refractivity contribution in [3.05, 3.63) is 47.6 Å². The topological polar surface area (TPSA) is 175 Å². The Morgan fingerprint density at radius 2 is 2.19 bits per heavy atom. The van der Waals surface area contributed by atoms with Crippen molar-refractivity contribution in [2.45, 2.75) is 18.6 Å². The van der Waals surface area contributed by atoms with Crippen LogP contribution in [0.2, 0.25) is 5.02 Å². The van der Waals surface area contributed by atoms with Crippen LogP contribution in [0.25, 0.3) is 16.7 Å². The van der Waals surface area contributed by atoms with Gasteiger partial charge in [0.2, 0.25) is 0 Å². The van der Waals surface area contributed by atoms with Crippen LogP contribution in [0, 0.1) is 5.82 Å². The van der Waals surface area contributed by atoms with Crippen LogP contribution in [-0.2, 0) is 14.3 Å². The second kappa shape index (κ2) is 8.82. The van der Waals surface area contributed by atoms with E-state index in [0.29, 0.717) is 11.1 Å². The Kier molecular flexibility index (Phi) is 5.78. The largest absolute Gasteiger partial charge is 0.380 e. The molecule has 3 aromatic heterocycles. The van der Waals surface area contributed by atoms with Gasteiger partial charge in [0.15, 0.2) is 34.7 Å². The Balaban J connectivity index is 1.38. The summed E-state index contributed by atoms with van der Waals surface area (Å²) < 4.78 is 26.5. The number of hydrogen-bond donors (Lipinski definition) is 3. The molecule has 1 unspecified atom stereocenters. The minimum atomic E-state index is -2.36. The van der Waals surface area contributed by atoms with E-state index in [-0.39, 0.29) is 41.1 Å². The van der Waals surface area contributed by atoms with Gasteiger partial charge < -0.3 is 25.4 Å². The first-order chi connectivity index (χ1) is 17.2. The van der Waals surface area contributed by atoms with Gasteiger partial charge in [-0.3, -0.25) is 14.5 Å². The van der Waals surface area contributed by atoms with Crippen LogP contribution in [0.3, 0.4) is 0 Å². The Bertz CT molecular complexity index is 1470. The number of amides is 2. The number of aliphatic hydroxyl groups is 1. The van der Waals surface area contributed by atoms with E-state index in [1.807, 2.05) is 0 Å². The number of nitrogen functional groups attached to an aromatic ring is 1. The molecule has 1 aliphatic heterocycles. The van der Waals surface area contributed by atoms with E-state index in [0.717, 1.165) is 18.0 Å². The number of nitrogens with one attached hydrogen (secondary N) is 1. The average Bonchev–Trinajstić information content (AvgIpc) is 3.42. The summed E-state index contributed by atoms with van der Waals surface area (Å²) in [5.74, 6) is -2.83. The van der Waals surface area contributed by atoms with Gasteiger partial charge in [0.05, 0.1) is 47.8 Å².